The molecule has 3 aliphatic rings. The van der Waals surface area contributed by atoms with E-state index in [2.05, 4.69) is 15.5 Å². The number of carbonyl (C=O) groups is 6. The van der Waals surface area contributed by atoms with E-state index in [1.54, 1.807) is 65.8 Å². The van der Waals surface area contributed by atoms with Crippen LogP contribution in [-0.2, 0) is 45.9 Å². The average Bonchev–Trinajstić information content (AvgIpc) is 4.06. The summed E-state index contributed by atoms with van der Waals surface area (Å²) in [7, 11) is 0. The first-order valence-corrected chi connectivity index (χ1v) is 23.0. The van der Waals surface area contributed by atoms with Crippen LogP contribution in [0.1, 0.15) is 120 Å². The molecular weight excluding hydrogens is 872 g/mol. The lowest BCUT2D eigenvalue weighted by Gasteiger charge is -2.39. The number of alkyl halides is 3. The van der Waals surface area contributed by atoms with E-state index in [0.717, 1.165) is 23.3 Å². The van der Waals surface area contributed by atoms with Crippen molar-refractivity contribution in [2.45, 2.75) is 121 Å². The van der Waals surface area contributed by atoms with Crippen molar-refractivity contribution in [3.8, 4) is 0 Å². The first-order chi connectivity index (χ1) is 31.7. The zero-order valence-electron chi connectivity index (χ0n) is 38.9. The number of ether oxygens (including phenoxy) is 2. The standard InChI is InChI=1S/C49H62F3N7O8/c1-7-66-45(64)55-39(29(3)4)41(60)57-27-9-25-47(57,43(53)62)33-15-11-31(12-16-33)37-23-24-38(59(37)36-21-19-35(20-22-36)49(50,51)52)32-13-17-34(18-14-32)48(44(54)63)26-10-28-58(48)42(61)40(30(5)6)56-46(65)67-8-2/h11-22,29-30,37-40H,7-10,23-28H2,1-6H3,(H2,53,62)(H2,54,63)(H,55,64)(H,56,65)/t37-,38-,39-,40-,47-,48-/m0/s1. The summed E-state index contributed by atoms with van der Waals surface area (Å²) in [4.78, 5) is 85.2. The topological polar surface area (TPSA) is 207 Å². The molecule has 0 saturated carbocycles. The second-order valence-electron chi connectivity index (χ2n) is 18.1. The zero-order valence-corrected chi connectivity index (χ0v) is 38.9. The smallest absolute Gasteiger partial charge is 0.416 e. The molecule has 3 aromatic carbocycles. The van der Waals surface area contributed by atoms with Gasteiger partial charge in [-0.1, -0.05) is 76.2 Å². The van der Waals surface area contributed by atoms with Gasteiger partial charge in [0.15, 0.2) is 0 Å². The monoisotopic (exact) mass is 933 g/mol. The molecule has 67 heavy (non-hydrogen) atoms. The van der Waals surface area contributed by atoms with E-state index in [4.69, 9.17) is 20.9 Å². The van der Waals surface area contributed by atoms with E-state index >= 15 is 0 Å². The second kappa shape index (κ2) is 20.3. The van der Waals surface area contributed by atoms with Crippen LogP contribution in [0.15, 0.2) is 72.8 Å². The number of carbonyl (C=O) groups excluding carboxylic acids is 6. The van der Waals surface area contributed by atoms with Crippen LogP contribution in [0, 0.1) is 11.8 Å². The van der Waals surface area contributed by atoms with Crippen molar-refractivity contribution >= 4 is 41.5 Å². The number of alkyl carbamates (subject to hydrolysis) is 2. The number of anilines is 1. The molecule has 3 aromatic rings. The number of hydrogen-bond acceptors (Lipinski definition) is 9. The number of likely N-dealkylation sites (tertiary alicyclic amines) is 2. The van der Waals surface area contributed by atoms with E-state index in [-0.39, 0.29) is 63.1 Å². The number of benzene rings is 3. The predicted molar refractivity (Wildman–Crippen MR) is 243 cm³/mol. The molecule has 6 amide bonds. The largest absolute Gasteiger partial charge is 0.450 e. The van der Waals surface area contributed by atoms with Crippen LogP contribution >= 0.6 is 0 Å². The Kier molecular flexibility index (Phi) is 15.2. The molecule has 6 N–H and O–H groups in total. The summed E-state index contributed by atoms with van der Waals surface area (Å²) in [5.74, 6) is -3.08. The molecule has 0 radical (unpaired) electrons. The van der Waals surface area contributed by atoms with Gasteiger partial charge >= 0.3 is 18.4 Å². The van der Waals surface area contributed by atoms with Gasteiger partial charge in [-0.2, -0.15) is 13.2 Å². The van der Waals surface area contributed by atoms with Gasteiger partial charge in [-0.3, -0.25) is 19.2 Å². The Morgan fingerprint density at radius 2 is 1.01 bits per heavy atom. The number of hydrogen-bond donors (Lipinski definition) is 4. The van der Waals surface area contributed by atoms with Crippen molar-refractivity contribution in [1.82, 2.24) is 20.4 Å². The van der Waals surface area contributed by atoms with Gasteiger partial charge in [0.25, 0.3) is 0 Å². The Bertz CT molecular complexity index is 2160. The van der Waals surface area contributed by atoms with Crippen LogP contribution in [0.25, 0.3) is 0 Å². The van der Waals surface area contributed by atoms with Gasteiger partial charge in [0.1, 0.15) is 23.2 Å². The number of rotatable bonds is 15. The van der Waals surface area contributed by atoms with Crippen molar-refractivity contribution in [2.24, 2.45) is 23.3 Å². The van der Waals surface area contributed by atoms with E-state index in [1.165, 1.54) is 21.9 Å². The third-order valence-electron chi connectivity index (χ3n) is 13.5. The van der Waals surface area contributed by atoms with Gasteiger partial charge in [-0.05, 0) is 111 Å². The number of halogens is 3. The Morgan fingerprint density at radius 1 is 0.642 bits per heavy atom. The van der Waals surface area contributed by atoms with Gasteiger partial charge in [-0.25, -0.2) is 9.59 Å². The number of amides is 6. The van der Waals surface area contributed by atoms with Crippen LogP contribution < -0.4 is 27.0 Å². The fraction of sp³-hybridized carbons (Fsp3) is 0.510. The number of nitrogens with one attached hydrogen (secondary N) is 2. The third kappa shape index (κ3) is 9.75. The molecule has 15 nitrogen and oxygen atoms in total. The highest BCUT2D eigenvalue weighted by Gasteiger charge is 2.53. The molecule has 362 valence electrons. The highest BCUT2D eigenvalue weighted by atomic mass is 19.4. The minimum Gasteiger partial charge on any atom is -0.450 e. The molecule has 3 heterocycles. The number of primary amides is 2. The number of nitrogens with two attached hydrogens (primary N) is 2. The van der Waals surface area contributed by atoms with Crippen LogP contribution in [-0.4, -0.2) is 84.0 Å². The molecule has 3 aliphatic heterocycles. The molecule has 0 unspecified atom stereocenters. The van der Waals surface area contributed by atoms with Gasteiger partial charge in [-0.15, -0.1) is 0 Å². The first kappa shape index (κ1) is 50.1. The van der Waals surface area contributed by atoms with Crippen molar-refractivity contribution < 1.29 is 51.4 Å². The third-order valence-corrected chi connectivity index (χ3v) is 13.5. The molecule has 6 atom stereocenters. The summed E-state index contributed by atoms with van der Waals surface area (Å²) in [5, 5.41) is 5.28. The van der Waals surface area contributed by atoms with Gasteiger partial charge in [0, 0.05) is 18.8 Å². The lowest BCUT2D eigenvalue weighted by molar-refractivity contribution is -0.146. The summed E-state index contributed by atoms with van der Waals surface area (Å²) < 4.78 is 51.5. The average molecular weight is 934 g/mol. The highest BCUT2D eigenvalue weighted by molar-refractivity contribution is 5.96. The van der Waals surface area contributed by atoms with Crippen LogP contribution in [0.3, 0.4) is 0 Å². The Labute approximate surface area is 389 Å². The first-order valence-electron chi connectivity index (χ1n) is 23.0. The predicted octanol–water partition coefficient (Wildman–Crippen LogP) is 6.94. The summed E-state index contributed by atoms with van der Waals surface area (Å²) in [5.41, 5.74) is 11.6. The lowest BCUT2D eigenvalue weighted by atomic mass is 9.84. The molecule has 3 saturated heterocycles. The maximum atomic E-state index is 14.2. The Hall–Kier alpha value is -6.33. The van der Waals surface area contributed by atoms with Gasteiger partial charge in [0.05, 0.1) is 30.9 Å². The van der Waals surface area contributed by atoms with Crippen LogP contribution in [0.2, 0.25) is 0 Å². The Morgan fingerprint density at radius 3 is 1.33 bits per heavy atom. The van der Waals surface area contributed by atoms with E-state index in [0.29, 0.717) is 42.5 Å². The lowest BCUT2D eigenvalue weighted by Crippen LogP contribution is -2.59. The van der Waals surface area contributed by atoms with Gasteiger partial charge < -0.3 is 46.3 Å². The summed E-state index contributed by atoms with van der Waals surface area (Å²) in [6.07, 6.45) is -3.46. The quantitative estimate of drug-likeness (QED) is 0.124. The van der Waals surface area contributed by atoms with Crippen LogP contribution in [0.4, 0.5) is 28.4 Å². The molecule has 18 heteroatoms. The summed E-state index contributed by atoms with van der Waals surface area (Å²) in [6.45, 7) is 11.1. The second-order valence-corrected chi connectivity index (χ2v) is 18.1. The van der Waals surface area contributed by atoms with Crippen molar-refractivity contribution in [1.29, 1.82) is 0 Å². The molecular formula is C49H62F3N7O8. The molecule has 6 rings (SSSR count). The van der Waals surface area contributed by atoms with E-state index < -0.39 is 70.7 Å². The van der Waals surface area contributed by atoms with Crippen molar-refractivity contribution in [2.75, 3.05) is 31.2 Å². The fourth-order valence-corrected chi connectivity index (χ4v) is 10.2. The number of nitrogens with zero attached hydrogens (tertiary/aromatic N) is 3. The molecule has 0 spiro atoms. The molecule has 0 bridgehead atoms. The van der Waals surface area contributed by atoms with Crippen molar-refractivity contribution in [3.05, 3.63) is 101 Å². The summed E-state index contributed by atoms with van der Waals surface area (Å²) >= 11 is 0. The molecule has 3 fully saturated rings. The minimum atomic E-state index is -4.56. The fourth-order valence-electron chi connectivity index (χ4n) is 10.2. The van der Waals surface area contributed by atoms with Crippen LogP contribution in [0.5, 0.6) is 0 Å². The van der Waals surface area contributed by atoms with E-state index in [9.17, 15) is 41.9 Å². The van der Waals surface area contributed by atoms with Gasteiger partial charge in [0.2, 0.25) is 23.6 Å². The van der Waals surface area contributed by atoms with Crippen molar-refractivity contribution in [3.63, 3.8) is 0 Å². The SMILES string of the molecule is CCOC(=O)N[C@H](C(=O)N1CCC[C@@]1(C(N)=O)c1ccc([C@@H]2CC[C@@H](c3ccc([C@]4(C(N)=O)CCCN4C(=O)[C@@H](NC(=O)OCC)C(C)C)cc3)N2c2ccc(C(F)(F)F)cc2)cc1)C(C)C. The summed E-state index contributed by atoms with van der Waals surface area (Å²) in [6, 6.07) is 16.7. The van der Waals surface area contributed by atoms with E-state index in [1.807, 2.05) is 24.3 Å². The normalized spacial score (nSPS) is 22.7. The maximum Gasteiger partial charge on any atom is 0.416 e. The zero-order chi connectivity index (χ0) is 49.0. The Balaban J connectivity index is 1.34. The highest BCUT2D eigenvalue weighted by Crippen LogP contribution is 2.49. The molecule has 0 aromatic heterocycles. The maximum absolute atomic E-state index is 14.2. The molecule has 0 aliphatic carbocycles. The minimum absolute atomic E-state index is 0.106.